The molecule has 0 aromatic carbocycles. The zero-order valence-electron chi connectivity index (χ0n) is 13.1. The predicted molar refractivity (Wildman–Crippen MR) is 80.4 cm³/mol. The number of carbonyl (C=O) groups excluding carboxylic acids is 1. The molecular formula is C16H30N2O2. The summed E-state index contributed by atoms with van der Waals surface area (Å²) in [4.78, 5) is 12.0. The Morgan fingerprint density at radius 2 is 2.10 bits per heavy atom. The lowest BCUT2D eigenvalue weighted by molar-refractivity contribution is 0.195. The molecule has 0 radical (unpaired) electrons. The summed E-state index contributed by atoms with van der Waals surface area (Å²) in [5.74, 6) is 2.42. The summed E-state index contributed by atoms with van der Waals surface area (Å²) in [5, 5.41) is 15.0. The first-order valence-corrected chi connectivity index (χ1v) is 8.06. The second-order valence-corrected chi connectivity index (χ2v) is 7.59. The van der Waals surface area contributed by atoms with Gasteiger partial charge in [0.15, 0.2) is 0 Å². The van der Waals surface area contributed by atoms with Gasteiger partial charge in [0.25, 0.3) is 0 Å². The normalized spacial score (nSPS) is 30.3. The number of aliphatic hydroxyl groups excluding tert-OH is 1. The number of rotatable bonds is 6. The molecule has 116 valence electrons. The Morgan fingerprint density at radius 1 is 1.35 bits per heavy atom. The molecule has 4 unspecified atom stereocenters. The summed E-state index contributed by atoms with van der Waals surface area (Å²) in [6, 6.07) is 0.206. The summed E-state index contributed by atoms with van der Waals surface area (Å²) in [6.45, 7) is 7.02. The summed E-state index contributed by atoms with van der Waals surface area (Å²) < 4.78 is 0. The van der Waals surface area contributed by atoms with E-state index in [1.54, 1.807) is 0 Å². The van der Waals surface area contributed by atoms with Gasteiger partial charge in [-0.05, 0) is 55.8 Å². The molecule has 20 heavy (non-hydrogen) atoms. The Morgan fingerprint density at radius 3 is 2.65 bits per heavy atom. The molecule has 4 nitrogen and oxygen atoms in total. The maximum Gasteiger partial charge on any atom is 0.315 e. The maximum atomic E-state index is 12.0. The van der Waals surface area contributed by atoms with Crippen molar-refractivity contribution in [2.24, 2.45) is 23.2 Å². The van der Waals surface area contributed by atoms with Gasteiger partial charge in [-0.25, -0.2) is 4.79 Å². The minimum atomic E-state index is -0.0636. The fraction of sp³-hybridized carbons (Fsp3) is 0.938. The van der Waals surface area contributed by atoms with Crippen LogP contribution in [0.1, 0.15) is 52.9 Å². The number of carbonyl (C=O) groups is 1. The first-order chi connectivity index (χ1) is 9.41. The Bertz CT molecular complexity index is 343. The molecule has 2 rings (SSSR count). The van der Waals surface area contributed by atoms with Crippen LogP contribution in [0.15, 0.2) is 0 Å². The Labute approximate surface area is 122 Å². The van der Waals surface area contributed by atoms with E-state index >= 15 is 0 Å². The molecule has 4 heteroatoms. The van der Waals surface area contributed by atoms with Crippen LogP contribution in [0.25, 0.3) is 0 Å². The number of amides is 2. The number of fused-ring (bicyclic) bond motifs is 2. The van der Waals surface area contributed by atoms with Gasteiger partial charge in [-0.1, -0.05) is 20.3 Å². The van der Waals surface area contributed by atoms with Gasteiger partial charge in [-0.3, -0.25) is 0 Å². The molecule has 2 amide bonds. The van der Waals surface area contributed by atoms with Gasteiger partial charge in [0.05, 0.1) is 0 Å². The molecule has 0 aromatic rings. The van der Waals surface area contributed by atoms with E-state index in [1.807, 2.05) is 0 Å². The second kappa shape index (κ2) is 6.33. The lowest BCUT2D eigenvalue weighted by atomic mass is 9.84. The Balaban J connectivity index is 1.71. The zero-order chi connectivity index (χ0) is 14.8. The van der Waals surface area contributed by atoms with Crippen LogP contribution in [-0.4, -0.2) is 30.3 Å². The molecule has 2 aliphatic carbocycles. The minimum Gasteiger partial charge on any atom is -0.396 e. The van der Waals surface area contributed by atoms with Crippen molar-refractivity contribution in [2.45, 2.75) is 58.9 Å². The first-order valence-electron chi connectivity index (χ1n) is 8.06. The van der Waals surface area contributed by atoms with Crippen molar-refractivity contribution in [2.75, 3.05) is 13.2 Å². The van der Waals surface area contributed by atoms with E-state index in [-0.39, 0.29) is 24.1 Å². The highest BCUT2D eigenvalue weighted by Gasteiger charge is 2.42. The summed E-state index contributed by atoms with van der Waals surface area (Å²) in [5.41, 5.74) is -0.0538. The molecule has 0 heterocycles. The molecule has 0 aliphatic heterocycles. The van der Waals surface area contributed by atoms with E-state index in [9.17, 15) is 4.79 Å². The minimum absolute atomic E-state index is 0.0538. The highest BCUT2D eigenvalue weighted by Crippen LogP contribution is 2.49. The van der Waals surface area contributed by atoms with Crippen molar-refractivity contribution in [1.82, 2.24) is 10.6 Å². The van der Waals surface area contributed by atoms with Gasteiger partial charge in [0.2, 0.25) is 0 Å². The van der Waals surface area contributed by atoms with E-state index in [0.717, 1.165) is 11.8 Å². The van der Waals surface area contributed by atoms with Crippen LogP contribution in [0.4, 0.5) is 4.79 Å². The van der Waals surface area contributed by atoms with Gasteiger partial charge in [-0.15, -0.1) is 0 Å². The fourth-order valence-corrected chi connectivity index (χ4v) is 3.98. The smallest absolute Gasteiger partial charge is 0.315 e. The molecule has 3 N–H and O–H groups in total. The van der Waals surface area contributed by atoms with Crippen molar-refractivity contribution in [3.8, 4) is 0 Å². The van der Waals surface area contributed by atoms with Crippen molar-refractivity contribution in [1.29, 1.82) is 0 Å². The Hall–Kier alpha value is -0.770. The number of hydrogen-bond acceptors (Lipinski definition) is 2. The van der Waals surface area contributed by atoms with Crippen molar-refractivity contribution >= 4 is 6.03 Å². The highest BCUT2D eigenvalue weighted by molar-refractivity contribution is 5.74. The zero-order valence-corrected chi connectivity index (χ0v) is 13.1. The topological polar surface area (TPSA) is 61.4 Å². The third-order valence-corrected chi connectivity index (χ3v) is 5.31. The summed E-state index contributed by atoms with van der Waals surface area (Å²) >= 11 is 0. The number of hydrogen-bond donors (Lipinski definition) is 3. The van der Waals surface area contributed by atoms with Crippen molar-refractivity contribution in [3.05, 3.63) is 0 Å². The average molecular weight is 282 g/mol. The third-order valence-electron chi connectivity index (χ3n) is 5.31. The second-order valence-electron chi connectivity index (χ2n) is 7.59. The first kappa shape index (κ1) is 15.6. The molecule has 2 saturated carbocycles. The molecule has 2 aliphatic rings. The lowest BCUT2D eigenvalue weighted by Crippen LogP contribution is -2.47. The molecule has 2 bridgehead atoms. The SMILES string of the molecule is CC(NC(=O)NCC(C)(C)CCO)C1CC2CCC1C2. The molecular weight excluding hydrogens is 252 g/mol. The average Bonchev–Trinajstić information content (AvgIpc) is 2.98. The van der Waals surface area contributed by atoms with Crippen molar-refractivity contribution < 1.29 is 9.90 Å². The number of urea groups is 1. The van der Waals surface area contributed by atoms with Crippen LogP contribution in [-0.2, 0) is 0 Å². The lowest BCUT2D eigenvalue weighted by Gasteiger charge is -2.29. The quantitative estimate of drug-likeness (QED) is 0.701. The molecule has 0 spiro atoms. The monoisotopic (exact) mass is 282 g/mol. The van der Waals surface area contributed by atoms with E-state index in [4.69, 9.17) is 5.11 Å². The fourth-order valence-electron chi connectivity index (χ4n) is 3.98. The van der Waals surface area contributed by atoms with E-state index < -0.39 is 0 Å². The Kier molecular flexibility index (Phi) is 4.95. The van der Waals surface area contributed by atoms with Crippen LogP contribution < -0.4 is 10.6 Å². The number of nitrogens with one attached hydrogen (secondary N) is 2. The van der Waals surface area contributed by atoms with E-state index in [0.29, 0.717) is 18.9 Å². The van der Waals surface area contributed by atoms with Crippen LogP contribution in [0.5, 0.6) is 0 Å². The molecule has 2 fully saturated rings. The van der Waals surface area contributed by atoms with Crippen molar-refractivity contribution in [3.63, 3.8) is 0 Å². The molecule has 4 atom stereocenters. The summed E-state index contributed by atoms with van der Waals surface area (Å²) in [6.07, 6.45) is 6.13. The largest absolute Gasteiger partial charge is 0.396 e. The van der Waals surface area contributed by atoms with E-state index in [2.05, 4.69) is 31.4 Å². The van der Waals surface area contributed by atoms with Gasteiger partial charge in [-0.2, -0.15) is 0 Å². The van der Waals surface area contributed by atoms with Gasteiger partial charge >= 0.3 is 6.03 Å². The predicted octanol–water partition coefficient (Wildman–Crippen LogP) is 2.52. The van der Waals surface area contributed by atoms with Crippen LogP contribution >= 0.6 is 0 Å². The highest BCUT2D eigenvalue weighted by atomic mass is 16.3. The van der Waals surface area contributed by atoms with Gasteiger partial charge in [0, 0.05) is 19.2 Å². The van der Waals surface area contributed by atoms with Crippen LogP contribution in [0, 0.1) is 23.2 Å². The molecule has 0 saturated heterocycles. The summed E-state index contributed by atoms with van der Waals surface area (Å²) in [7, 11) is 0. The van der Waals surface area contributed by atoms with Gasteiger partial charge in [0.1, 0.15) is 0 Å². The number of aliphatic hydroxyl groups is 1. The van der Waals surface area contributed by atoms with Gasteiger partial charge < -0.3 is 15.7 Å². The maximum absolute atomic E-state index is 12.0. The molecule has 0 aromatic heterocycles. The third kappa shape index (κ3) is 3.87. The van der Waals surface area contributed by atoms with Crippen LogP contribution in [0.3, 0.4) is 0 Å². The van der Waals surface area contributed by atoms with E-state index in [1.165, 1.54) is 25.7 Å². The van der Waals surface area contributed by atoms with Crippen LogP contribution in [0.2, 0.25) is 0 Å². The standard InChI is InChI=1S/C16H30N2O2/c1-11(14-9-12-4-5-13(14)8-12)18-15(20)17-10-16(2,3)6-7-19/h11-14,19H,4-10H2,1-3H3,(H2,17,18,20).